The van der Waals surface area contributed by atoms with E-state index in [2.05, 4.69) is 4.98 Å². The molecule has 0 saturated carbocycles. The summed E-state index contributed by atoms with van der Waals surface area (Å²) in [6.07, 6.45) is 0. The predicted octanol–water partition coefficient (Wildman–Crippen LogP) is 2.84. The van der Waals surface area contributed by atoms with Crippen molar-refractivity contribution < 1.29 is 20.3 Å². The molecule has 0 bridgehead atoms. The molecule has 8 nitrogen and oxygen atoms in total. The van der Waals surface area contributed by atoms with Crippen LogP contribution in [0.4, 0.5) is 11.5 Å². The van der Waals surface area contributed by atoms with E-state index >= 15 is 0 Å². The van der Waals surface area contributed by atoms with Gasteiger partial charge in [-0.3, -0.25) is 20.8 Å². The highest BCUT2D eigenvalue weighted by Crippen LogP contribution is 2.45. The van der Waals surface area contributed by atoms with Gasteiger partial charge < -0.3 is 15.2 Å². The number of anilines is 1. The number of nitro benzene ring substituents is 1. The van der Waals surface area contributed by atoms with Gasteiger partial charge >= 0.3 is 0 Å². The number of benzene rings is 2. The van der Waals surface area contributed by atoms with Crippen LogP contribution in [0, 0.1) is 10.1 Å². The zero-order chi connectivity index (χ0) is 17.3. The number of nitrogens with one attached hydrogen (secondary N) is 2. The second kappa shape index (κ2) is 5.94. The van der Waals surface area contributed by atoms with Gasteiger partial charge in [-0.05, 0) is 16.9 Å². The summed E-state index contributed by atoms with van der Waals surface area (Å²) in [7, 11) is 0. The van der Waals surface area contributed by atoms with Gasteiger partial charge in [-0.15, -0.1) is 0 Å². The quantitative estimate of drug-likeness (QED) is 0.430. The van der Waals surface area contributed by atoms with Gasteiger partial charge in [-0.2, -0.15) is 0 Å². The van der Waals surface area contributed by atoms with E-state index in [1.807, 2.05) is 5.48 Å². The minimum absolute atomic E-state index is 0.0549. The molecule has 0 saturated heterocycles. The van der Waals surface area contributed by atoms with Crippen molar-refractivity contribution in [1.29, 1.82) is 0 Å². The van der Waals surface area contributed by atoms with Crippen LogP contribution in [0.3, 0.4) is 0 Å². The fraction of sp³-hybridized carbons (Fsp3) is 0. The number of aromatic nitrogens is 1. The van der Waals surface area contributed by atoms with Crippen LogP contribution in [0.25, 0.3) is 22.3 Å². The van der Waals surface area contributed by atoms with Gasteiger partial charge in [-0.1, -0.05) is 42.5 Å². The Morgan fingerprint density at radius 3 is 2.38 bits per heavy atom. The Kier molecular flexibility index (Phi) is 3.80. The lowest BCUT2D eigenvalue weighted by molar-refractivity contribution is -0.398. The molecule has 1 heterocycles. The zero-order valence-corrected chi connectivity index (χ0v) is 12.2. The molecular formula is C16H12N3O5-. The molecule has 0 amide bonds. The van der Waals surface area contributed by atoms with E-state index in [0.29, 0.717) is 22.3 Å². The highest BCUT2D eigenvalue weighted by Gasteiger charge is 2.21. The summed E-state index contributed by atoms with van der Waals surface area (Å²) in [5.41, 5.74) is 2.93. The second-order valence-electron chi connectivity index (χ2n) is 5.02. The first kappa shape index (κ1) is 15.4. The number of aromatic hydroxyl groups is 1. The van der Waals surface area contributed by atoms with E-state index in [1.54, 1.807) is 30.3 Å². The van der Waals surface area contributed by atoms with Crippen molar-refractivity contribution in [3.8, 4) is 33.9 Å². The van der Waals surface area contributed by atoms with Crippen molar-refractivity contribution in [3.05, 3.63) is 58.6 Å². The van der Waals surface area contributed by atoms with Crippen molar-refractivity contribution in [2.45, 2.75) is 0 Å². The van der Waals surface area contributed by atoms with E-state index in [-0.39, 0.29) is 11.7 Å². The first-order valence-electron chi connectivity index (χ1n) is 6.89. The van der Waals surface area contributed by atoms with Crippen LogP contribution in [-0.4, -0.2) is 20.2 Å². The highest BCUT2D eigenvalue weighted by molar-refractivity contribution is 5.94. The Bertz CT molecular complexity index is 906. The summed E-state index contributed by atoms with van der Waals surface area (Å²) in [6.45, 7) is 0. The standard InChI is InChI=1S/C16H13N3O5/c20-12-7-6-10(8-11(12)19(23)24)13-14(9-4-2-1-3-5-9)16(21)17-15(13)18-22/h1-8,17-18,20-22H/p-1. The maximum absolute atomic E-state index is 11.6. The van der Waals surface area contributed by atoms with Crippen LogP contribution in [0.5, 0.6) is 11.6 Å². The minimum atomic E-state index is -0.771. The number of H-pyrrole nitrogens is 1. The number of hydrogen-bond acceptors (Lipinski definition) is 6. The summed E-state index contributed by atoms with van der Waals surface area (Å²) in [5.74, 6) is -0.885. The first-order chi connectivity index (χ1) is 11.5. The van der Waals surface area contributed by atoms with Crippen LogP contribution in [-0.2, 0) is 0 Å². The summed E-state index contributed by atoms with van der Waals surface area (Å²) < 4.78 is 0. The molecule has 24 heavy (non-hydrogen) atoms. The van der Waals surface area contributed by atoms with Crippen LogP contribution in [0.1, 0.15) is 0 Å². The number of hydrogen-bond donors (Lipinski definition) is 4. The van der Waals surface area contributed by atoms with E-state index in [0.717, 1.165) is 12.1 Å². The second-order valence-corrected chi connectivity index (χ2v) is 5.02. The Labute approximate surface area is 135 Å². The molecule has 4 N–H and O–H groups in total. The van der Waals surface area contributed by atoms with E-state index in [4.69, 9.17) is 0 Å². The molecule has 3 aromatic rings. The van der Waals surface area contributed by atoms with E-state index in [1.165, 1.54) is 6.07 Å². The molecule has 0 spiro atoms. The molecule has 0 aliphatic rings. The van der Waals surface area contributed by atoms with Gasteiger partial charge in [0.05, 0.1) is 10.5 Å². The molecule has 0 aliphatic carbocycles. The first-order valence-corrected chi connectivity index (χ1v) is 6.89. The Balaban J connectivity index is 2.28. The van der Waals surface area contributed by atoms with Gasteiger partial charge in [0.2, 0.25) is 0 Å². The van der Waals surface area contributed by atoms with Crippen LogP contribution in [0.2, 0.25) is 0 Å². The Morgan fingerprint density at radius 2 is 1.75 bits per heavy atom. The van der Waals surface area contributed by atoms with Gasteiger partial charge in [0, 0.05) is 11.6 Å². The lowest BCUT2D eigenvalue weighted by atomic mass is 9.97. The fourth-order valence-corrected chi connectivity index (χ4v) is 2.56. The number of nitrogens with zero attached hydrogens (tertiary/aromatic N) is 1. The van der Waals surface area contributed by atoms with Gasteiger partial charge in [0.25, 0.3) is 5.69 Å². The smallest absolute Gasteiger partial charge is 0.262 e. The van der Waals surface area contributed by atoms with Crippen molar-refractivity contribution >= 4 is 11.5 Å². The van der Waals surface area contributed by atoms with Crippen molar-refractivity contribution in [3.63, 3.8) is 0 Å². The lowest BCUT2D eigenvalue weighted by Crippen LogP contribution is -1.98. The summed E-state index contributed by atoms with van der Waals surface area (Å²) in [6, 6.07) is 12.4. The molecule has 0 aliphatic heterocycles. The molecule has 8 heteroatoms. The average molecular weight is 326 g/mol. The van der Waals surface area contributed by atoms with Crippen molar-refractivity contribution in [2.24, 2.45) is 0 Å². The number of aromatic amines is 1. The Hall–Kier alpha value is -3.52. The van der Waals surface area contributed by atoms with Crippen molar-refractivity contribution in [2.75, 3.05) is 5.48 Å². The lowest BCUT2D eigenvalue weighted by Gasteiger charge is -2.11. The van der Waals surface area contributed by atoms with Crippen LogP contribution >= 0.6 is 0 Å². The normalized spacial score (nSPS) is 10.5. The number of nitro groups is 1. The number of rotatable bonds is 4. The minimum Gasteiger partial charge on any atom is -0.868 e. The van der Waals surface area contributed by atoms with Crippen LogP contribution in [0.15, 0.2) is 48.5 Å². The molecule has 0 unspecified atom stereocenters. The van der Waals surface area contributed by atoms with Gasteiger partial charge in [0.1, 0.15) is 5.82 Å². The summed E-state index contributed by atoms with van der Waals surface area (Å²) in [4.78, 5) is 12.8. The largest absolute Gasteiger partial charge is 0.868 e. The maximum atomic E-state index is 11.6. The summed E-state index contributed by atoms with van der Waals surface area (Å²) >= 11 is 0. The monoisotopic (exact) mass is 326 g/mol. The third-order valence-corrected chi connectivity index (χ3v) is 3.60. The molecule has 0 fully saturated rings. The maximum Gasteiger partial charge on any atom is 0.262 e. The average Bonchev–Trinajstić information content (AvgIpc) is 2.92. The molecule has 1 aromatic heterocycles. The topological polar surface area (TPSA) is 134 Å². The zero-order valence-electron chi connectivity index (χ0n) is 12.2. The van der Waals surface area contributed by atoms with Crippen LogP contribution < -0.4 is 10.6 Å². The van der Waals surface area contributed by atoms with Crippen molar-refractivity contribution in [1.82, 2.24) is 4.98 Å². The molecule has 0 radical (unpaired) electrons. The third kappa shape index (κ3) is 2.50. The molecular weight excluding hydrogens is 314 g/mol. The summed E-state index contributed by atoms with van der Waals surface area (Å²) in [5, 5.41) is 42.1. The Morgan fingerprint density at radius 1 is 1.04 bits per heavy atom. The SMILES string of the molecule is O=[N+]([O-])c1cc(-c2c(NO)[nH]c(O)c2-c2ccccc2)ccc1[O-]. The van der Waals surface area contributed by atoms with Gasteiger partial charge in [-0.25, -0.2) is 0 Å². The third-order valence-electron chi connectivity index (χ3n) is 3.60. The van der Waals surface area contributed by atoms with E-state index in [9.17, 15) is 25.5 Å². The molecule has 2 aromatic carbocycles. The molecule has 0 atom stereocenters. The fourth-order valence-electron chi connectivity index (χ4n) is 2.56. The molecule has 122 valence electrons. The highest BCUT2D eigenvalue weighted by atomic mass is 16.6. The molecule has 3 rings (SSSR count). The predicted molar refractivity (Wildman–Crippen MR) is 84.8 cm³/mol. The van der Waals surface area contributed by atoms with E-state index < -0.39 is 16.4 Å². The van der Waals surface area contributed by atoms with Gasteiger partial charge in [0.15, 0.2) is 5.88 Å².